The summed E-state index contributed by atoms with van der Waals surface area (Å²) in [5, 5.41) is 8.00. The molecule has 3 aromatic heterocycles. The first-order valence-corrected chi connectivity index (χ1v) is 11.3. The normalized spacial score (nSPS) is 11.1. The Morgan fingerprint density at radius 1 is 1.12 bits per heavy atom. The Morgan fingerprint density at radius 2 is 1.88 bits per heavy atom. The summed E-state index contributed by atoms with van der Waals surface area (Å²) in [6, 6.07) is 6.81. The predicted molar refractivity (Wildman–Crippen MR) is 122 cm³/mol. The van der Waals surface area contributed by atoms with Crippen molar-refractivity contribution < 1.29 is 9.59 Å². The smallest absolute Gasteiger partial charge is 0.253 e. The largest absolute Gasteiger partial charge is 0.331 e. The molecule has 0 fully saturated rings. The summed E-state index contributed by atoms with van der Waals surface area (Å²) in [5.74, 6) is 0.658. The molecule has 4 aromatic rings. The number of hydrogen-bond donors (Lipinski definition) is 1. The van der Waals surface area contributed by atoms with Gasteiger partial charge in [-0.15, -0.1) is 5.10 Å². The third-order valence-corrected chi connectivity index (χ3v) is 5.81. The van der Waals surface area contributed by atoms with Gasteiger partial charge in [0.1, 0.15) is 0 Å². The number of amides is 1. The van der Waals surface area contributed by atoms with Gasteiger partial charge in [-0.3, -0.25) is 9.59 Å². The second-order valence-electron chi connectivity index (χ2n) is 7.39. The van der Waals surface area contributed by atoms with Gasteiger partial charge in [-0.1, -0.05) is 11.8 Å². The first kappa shape index (κ1) is 21.7. The summed E-state index contributed by atoms with van der Waals surface area (Å²) in [6.45, 7) is 3.88. The molecule has 0 aliphatic rings. The standard InChI is InChI=1S/C22H23N7O2S/c1-13-17(14(2)29-21(24-13)26-22(27-29)32-4)9-10-18(30)25-16-7-5-15(6-8-16)19(31)20-23-11-12-28(20)3/h5-8,11-12H,9-10H2,1-4H3,(H,25,30). The molecule has 10 heteroatoms. The number of benzene rings is 1. The number of aryl methyl sites for hydroxylation is 3. The highest BCUT2D eigenvalue weighted by Crippen LogP contribution is 2.19. The van der Waals surface area contributed by atoms with Gasteiger partial charge >= 0.3 is 0 Å². The number of fused-ring (bicyclic) bond motifs is 1. The van der Waals surface area contributed by atoms with Crippen LogP contribution < -0.4 is 5.32 Å². The Labute approximate surface area is 189 Å². The average Bonchev–Trinajstić information content (AvgIpc) is 3.39. The Kier molecular flexibility index (Phi) is 6.04. The number of hydrogen-bond acceptors (Lipinski definition) is 7. The van der Waals surface area contributed by atoms with Crippen molar-refractivity contribution in [3.63, 3.8) is 0 Å². The van der Waals surface area contributed by atoms with Gasteiger partial charge < -0.3 is 9.88 Å². The lowest BCUT2D eigenvalue weighted by molar-refractivity contribution is -0.116. The summed E-state index contributed by atoms with van der Waals surface area (Å²) in [7, 11) is 1.77. The molecule has 9 nitrogen and oxygen atoms in total. The van der Waals surface area contributed by atoms with Gasteiger partial charge in [0.2, 0.25) is 16.8 Å². The first-order valence-electron chi connectivity index (χ1n) is 10.1. The number of rotatable bonds is 7. The van der Waals surface area contributed by atoms with Crippen LogP contribution in [-0.2, 0) is 18.3 Å². The Balaban J connectivity index is 1.41. The molecule has 1 amide bonds. The minimum Gasteiger partial charge on any atom is -0.331 e. The first-order chi connectivity index (χ1) is 15.4. The summed E-state index contributed by atoms with van der Waals surface area (Å²) in [5.41, 5.74) is 3.92. The number of aromatic nitrogens is 6. The molecular formula is C22H23N7O2S. The van der Waals surface area contributed by atoms with E-state index in [1.165, 1.54) is 11.8 Å². The summed E-state index contributed by atoms with van der Waals surface area (Å²) >= 11 is 1.46. The lowest BCUT2D eigenvalue weighted by Crippen LogP contribution is -2.14. The maximum Gasteiger partial charge on any atom is 0.253 e. The highest BCUT2D eigenvalue weighted by molar-refractivity contribution is 7.98. The van der Waals surface area contributed by atoms with Gasteiger partial charge in [0, 0.05) is 48.5 Å². The third-order valence-electron chi connectivity index (χ3n) is 5.27. The summed E-state index contributed by atoms with van der Waals surface area (Å²) < 4.78 is 3.40. The fourth-order valence-corrected chi connectivity index (χ4v) is 3.85. The van der Waals surface area contributed by atoms with E-state index in [1.54, 1.807) is 52.8 Å². The van der Waals surface area contributed by atoms with Crippen molar-refractivity contribution in [2.75, 3.05) is 11.6 Å². The second kappa shape index (κ2) is 8.91. The van der Waals surface area contributed by atoms with Crippen LogP contribution in [-0.4, -0.2) is 47.1 Å². The molecule has 0 spiro atoms. The highest BCUT2D eigenvalue weighted by Gasteiger charge is 2.16. The zero-order valence-electron chi connectivity index (χ0n) is 18.3. The predicted octanol–water partition coefficient (Wildman–Crippen LogP) is 3.00. The second-order valence-corrected chi connectivity index (χ2v) is 8.16. The zero-order valence-corrected chi connectivity index (χ0v) is 19.1. The molecule has 0 saturated heterocycles. The van der Waals surface area contributed by atoms with Crippen LogP contribution in [0.5, 0.6) is 0 Å². The summed E-state index contributed by atoms with van der Waals surface area (Å²) in [6.07, 6.45) is 6.07. The molecule has 0 atom stereocenters. The van der Waals surface area contributed by atoms with Crippen molar-refractivity contribution in [3.05, 3.63) is 65.0 Å². The van der Waals surface area contributed by atoms with Crippen molar-refractivity contribution in [3.8, 4) is 0 Å². The number of ketones is 1. The van der Waals surface area contributed by atoms with Crippen molar-refractivity contribution in [1.29, 1.82) is 0 Å². The number of carbonyl (C=O) groups is 2. The van der Waals surface area contributed by atoms with E-state index in [9.17, 15) is 9.59 Å². The van der Waals surface area contributed by atoms with E-state index < -0.39 is 0 Å². The topological polar surface area (TPSA) is 107 Å². The molecule has 0 saturated carbocycles. The van der Waals surface area contributed by atoms with Gasteiger partial charge in [0.05, 0.1) is 0 Å². The van der Waals surface area contributed by atoms with E-state index >= 15 is 0 Å². The molecule has 0 aliphatic heterocycles. The van der Waals surface area contributed by atoms with Gasteiger partial charge in [0.15, 0.2) is 5.82 Å². The fraction of sp³-hybridized carbons (Fsp3) is 0.273. The molecule has 0 radical (unpaired) electrons. The molecule has 1 N–H and O–H groups in total. The molecule has 0 bridgehead atoms. The van der Waals surface area contributed by atoms with Crippen molar-refractivity contribution in [1.82, 2.24) is 29.1 Å². The van der Waals surface area contributed by atoms with E-state index in [0.29, 0.717) is 40.9 Å². The van der Waals surface area contributed by atoms with Crippen LogP contribution in [0.3, 0.4) is 0 Å². The number of carbonyl (C=O) groups excluding carboxylic acids is 2. The fourth-order valence-electron chi connectivity index (χ4n) is 3.52. The van der Waals surface area contributed by atoms with E-state index in [2.05, 4.69) is 25.4 Å². The summed E-state index contributed by atoms with van der Waals surface area (Å²) in [4.78, 5) is 38.0. The van der Waals surface area contributed by atoms with Crippen LogP contribution in [0, 0.1) is 13.8 Å². The molecular weight excluding hydrogens is 426 g/mol. The van der Waals surface area contributed by atoms with E-state index in [0.717, 1.165) is 17.0 Å². The minimum atomic E-state index is -0.165. The average molecular weight is 450 g/mol. The minimum absolute atomic E-state index is 0.115. The molecule has 32 heavy (non-hydrogen) atoms. The van der Waals surface area contributed by atoms with Crippen molar-refractivity contribution in [2.24, 2.45) is 7.05 Å². The van der Waals surface area contributed by atoms with E-state index in [1.807, 2.05) is 20.1 Å². The van der Waals surface area contributed by atoms with Crippen LogP contribution in [0.25, 0.3) is 5.78 Å². The monoisotopic (exact) mass is 449 g/mol. The van der Waals surface area contributed by atoms with Gasteiger partial charge in [-0.25, -0.2) is 14.5 Å². The van der Waals surface area contributed by atoms with Gasteiger partial charge in [-0.2, -0.15) is 4.98 Å². The molecule has 1 aromatic carbocycles. The molecule has 4 rings (SSSR count). The Bertz CT molecular complexity index is 1310. The van der Waals surface area contributed by atoms with E-state index in [4.69, 9.17) is 0 Å². The number of nitrogens with one attached hydrogen (secondary N) is 1. The Hall–Kier alpha value is -3.53. The zero-order chi connectivity index (χ0) is 22.8. The van der Waals surface area contributed by atoms with Gasteiger partial charge in [0.25, 0.3) is 5.78 Å². The van der Waals surface area contributed by atoms with E-state index in [-0.39, 0.29) is 11.7 Å². The van der Waals surface area contributed by atoms with Crippen LogP contribution in [0.15, 0.2) is 41.8 Å². The highest BCUT2D eigenvalue weighted by atomic mass is 32.2. The van der Waals surface area contributed by atoms with Gasteiger partial charge in [-0.05, 0) is 56.4 Å². The lowest BCUT2D eigenvalue weighted by atomic mass is 10.1. The maximum atomic E-state index is 12.5. The number of anilines is 1. The van der Waals surface area contributed by atoms with Crippen molar-refractivity contribution in [2.45, 2.75) is 31.8 Å². The Morgan fingerprint density at radius 3 is 2.53 bits per heavy atom. The molecule has 164 valence electrons. The quantitative estimate of drug-likeness (QED) is 0.341. The number of nitrogens with zero attached hydrogens (tertiary/aromatic N) is 6. The van der Waals surface area contributed by atoms with Crippen LogP contribution in [0.4, 0.5) is 5.69 Å². The maximum absolute atomic E-state index is 12.5. The van der Waals surface area contributed by atoms with Crippen LogP contribution in [0.1, 0.15) is 39.6 Å². The van der Waals surface area contributed by atoms with Crippen molar-refractivity contribution >= 4 is 34.9 Å². The number of imidazole rings is 1. The lowest BCUT2D eigenvalue weighted by Gasteiger charge is -2.11. The van der Waals surface area contributed by atoms with Crippen LogP contribution in [0.2, 0.25) is 0 Å². The third kappa shape index (κ3) is 4.26. The number of thioether (sulfide) groups is 1. The molecule has 3 heterocycles. The SMILES string of the molecule is CSc1nc2nc(C)c(CCC(=O)Nc3ccc(C(=O)c4nccn4C)cc3)c(C)n2n1. The molecule has 0 aliphatic carbocycles. The van der Waals surface area contributed by atoms with Crippen LogP contribution >= 0.6 is 11.8 Å². The molecule has 0 unspecified atom stereocenters.